The Hall–Kier alpha value is -3.41. The van der Waals surface area contributed by atoms with E-state index < -0.39 is 6.10 Å². The van der Waals surface area contributed by atoms with Gasteiger partial charge in [-0.1, -0.05) is 221 Å². The quantitative estimate of drug-likeness (QED) is 0.0262. The maximum absolute atomic E-state index is 12.8. The van der Waals surface area contributed by atoms with Crippen LogP contribution in [0.1, 0.15) is 252 Å². The van der Waals surface area contributed by atoms with Gasteiger partial charge in [-0.05, 0) is 96.3 Å². The molecule has 0 rings (SSSR count). The number of hydrogen-bond donors (Lipinski definition) is 0. The number of allylic oxidation sites excluding steroid dienone is 14. The lowest BCUT2D eigenvalue weighted by Crippen LogP contribution is -2.30. The van der Waals surface area contributed by atoms with Gasteiger partial charge in [-0.3, -0.25) is 14.4 Å². The Morgan fingerprint density at radius 3 is 0.985 bits per heavy atom. The molecule has 6 heteroatoms. The van der Waals surface area contributed by atoms with Crippen LogP contribution in [0.25, 0.3) is 0 Å². The summed E-state index contributed by atoms with van der Waals surface area (Å²) in [5.74, 6) is -0.940. The standard InChI is InChI=1S/C59H100O6/c1-4-7-10-13-16-19-22-25-27-28-29-30-32-35-38-41-44-47-50-53-59(62)65-56(54-63-57(60)51-48-45-42-39-36-33-24-21-18-15-12-9-6-3)55-64-58(61)52-49-46-43-40-37-34-31-26-23-20-17-14-11-8-5-2/h8,11,16-17,19-20,25-27,29-31,35,38,56H,4-7,9-10,12-15,18,21-24,28,32-34,36-37,39-55H2,1-3H3/b11-8-,19-16-,20-17-,27-25-,30-29-,31-26-,38-35-/t56-/m0/s1. The van der Waals surface area contributed by atoms with E-state index in [0.29, 0.717) is 12.8 Å². The maximum Gasteiger partial charge on any atom is 0.306 e. The average Bonchev–Trinajstić information content (AvgIpc) is 3.30. The van der Waals surface area contributed by atoms with Crippen LogP contribution >= 0.6 is 0 Å². The first-order chi connectivity index (χ1) is 32.0. The number of hydrogen-bond acceptors (Lipinski definition) is 6. The fraction of sp³-hybridized carbons (Fsp3) is 0.712. The van der Waals surface area contributed by atoms with Gasteiger partial charge >= 0.3 is 17.9 Å². The van der Waals surface area contributed by atoms with E-state index in [-0.39, 0.29) is 37.5 Å². The first kappa shape index (κ1) is 61.6. The average molecular weight is 905 g/mol. The fourth-order valence-corrected chi connectivity index (χ4v) is 7.32. The van der Waals surface area contributed by atoms with Crippen LogP contribution in [0.5, 0.6) is 0 Å². The molecule has 0 saturated heterocycles. The molecule has 0 aliphatic rings. The van der Waals surface area contributed by atoms with Crippen molar-refractivity contribution in [3.05, 3.63) is 85.1 Å². The molecule has 372 valence electrons. The SMILES string of the molecule is CC/C=C\C/C=C\C/C=C\CCCCCCCC(=O)OC[C@H](COC(=O)CCCCCCCCCCCCCCC)OC(=O)CCCCC/C=C\C/C=C\C/C=C\C/C=C\CCCCC. The van der Waals surface area contributed by atoms with Gasteiger partial charge in [0.2, 0.25) is 0 Å². The van der Waals surface area contributed by atoms with Gasteiger partial charge in [0.25, 0.3) is 0 Å². The molecule has 0 bridgehead atoms. The van der Waals surface area contributed by atoms with Crippen molar-refractivity contribution in [3.8, 4) is 0 Å². The molecule has 0 aromatic rings. The van der Waals surface area contributed by atoms with Crippen LogP contribution in [0.15, 0.2) is 85.1 Å². The summed E-state index contributed by atoms with van der Waals surface area (Å²) in [4.78, 5) is 38.0. The van der Waals surface area contributed by atoms with Crippen molar-refractivity contribution in [3.63, 3.8) is 0 Å². The van der Waals surface area contributed by atoms with Gasteiger partial charge in [-0.25, -0.2) is 0 Å². The molecule has 0 N–H and O–H groups in total. The number of carbonyl (C=O) groups excluding carboxylic acids is 3. The summed E-state index contributed by atoms with van der Waals surface area (Å²) >= 11 is 0. The summed E-state index contributed by atoms with van der Waals surface area (Å²) in [6.07, 6.45) is 68.5. The van der Waals surface area contributed by atoms with Crippen molar-refractivity contribution in [1.29, 1.82) is 0 Å². The minimum atomic E-state index is -0.799. The van der Waals surface area contributed by atoms with E-state index in [1.807, 2.05) is 0 Å². The molecule has 0 radical (unpaired) electrons. The van der Waals surface area contributed by atoms with Crippen molar-refractivity contribution >= 4 is 17.9 Å². The summed E-state index contributed by atoms with van der Waals surface area (Å²) in [6, 6.07) is 0. The summed E-state index contributed by atoms with van der Waals surface area (Å²) in [7, 11) is 0. The zero-order chi connectivity index (χ0) is 47.2. The lowest BCUT2D eigenvalue weighted by molar-refractivity contribution is -0.167. The Balaban J connectivity index is 4.47. The highest BCUT2D eigenvalue weighted by atomic mass is 16.6. The Labute approximate surface area is 401 Å². The number of unbranched alkanes of at least 4 members (excludes halogenated alkanes) is 23. The minimum Gasteiger partial charge on any atom is -0.462 e. The highest BCUT2D eigenvalue weighted by molar-refractivity contribution is 5.71. The first-order valence-corrected chi connectivity index (χ1v) is 27.1. The van der Waals surface area contributed by atoms with E-state index in [4.69, 9.17) is 14.2 Å². The Morgan fingerprint density at radius 1 is 0.323 bits per heavy atom. The second-order valence-corrected chi connectivity index (χ2v) is 17.8. The second-order valence-electron chi connectivity index (χ2n) is 17.8. The van der Waals surface area contributed by atoms with Gasteiger partial charge < -0.3 is 14.2 Å². The van der Waals surface area contributed by atoms with Crippen LogP contribution < -0.4 is 0 Å². The predicted molar refractivity (Wildman–Crippen MR) is 279 cm³/mol. The highest BCUT2D eigenvalue weighted by Crippen LogP contribution is 2.15. The zero-order valence-electron chi connectivity index (χ0n) is 42.5. The van der Waals surface area contributed by atoms with Crippen molar-refractivity contribution in [1.82, 2.24) is 0 Å². The van der Waals surface area contributed by atoms with Gasteiger partial charge in [-0.15, -0.1) is 0 Å². The van der Waals surface area contributed by atoms with Gasteiger partial charge in [0.05, 0.1) is 0 Å². The van der Waals surface area contributed by atoms with Crippen molar-refractivity contribution in [2.45, 2.75) is 258 Å². The van der Waals surface area contributed by atoms with Crippen LogP contribution in [-0.4, -0.2) is 37.2 Å². The molecule has 0 spiro atoms. The molecule has 0 aromatic heterocycles. The molecule has 65 heavy (non-hydrogen) atoms. The summed E-state index contributed by atoms with van der Waals surface area (Å²) < 4.78 is 16.8. The first-order valence-electron chi connectivity index (χ1n) is 27.1. The van der Waals surface area contributed by atoms with E-state index in [0.717, 1.165) is 122 Å². The van der Waals surface area contributed by atoms with E-state index in [1.54, 1.807) is 0 Å². The summed E-state index contributed by atoms with van der Waals surface area (Å²) in [5.41, 5.74) is 0. The lowest BCUT2D eigenvalue weighted by atomic mass is 10.0. The summed E-state index contributed by atoms with van der Waals surface area (Å²) in [6.45, 7) is 6.46. The van der Waals surface area contributed by atoms with Gasteiger partial charge in [0.15, 0.2) is 6.10 Å². The van der Waals surface area contributed by atoms with E-state index in [2.05, 4.69) is 106 Å². The lowest BCUT2D eigenvalue weighted by Gasteiger charge is -2.18. The molecule has 6 nitrogen and oxygen atoms in total. The summed E-state index contributed by atoms with van der Waals surface area (Å²) in [5, 5.41) is 0. The normalized spacial score (nSPS) is 12.7. The molecule has 0 aliphatic heterocycles. The maximum atomic E-state index is 12.8. The van der Waals surface area contributed by atoms with Gasteiger partial charge in [0, 0.05) is 19.3 Å². The third-order valence-corrected chi connectivity index (χ3v) is 11.4. The van der Waals surface area contributed by atoms with Gasteiger partial charge in [0.1, 0.15) is 13.2 Å². The third kappa shape index (κ3) is 51.4. The van der Waals surface area contributed by atoms with Crippen LogP contribution in [0.3, 0.4) is 0 Å². The molecule has 0 amide bonds. The minimum absolute atomic E-state index is 0.0938. The molecule has 0 fully saturated rings. The Morgan fingerprint density at radius 2 is 0.600 bits per heavy atom. The fourth-order valence-electron chi connectivity index (χ4n) is 7.32. The molecule has 0 aromatic carbocycles. The highest BCUT2D eigenvalue weighted by Gasteiger charge is 2.19. The van der Waals surface area contributed by atoms with Crippen molar-refractivity contribution in [2.75, 3.05) is 13.2 Å². The molecule has 1 atom stereocenters. The molecular weight excluding hydrogens is 805 g/mol. The molecule has 0 saturated carbocycles. The molecular formula is C59H100O6. The van der Waals surface area contributed by atoms with Crippen LogP contribution in [0.4, 0.5) is 0 Å². The van der Waals surface area contributed by atoms with Gasteiger partial charge in [-0.2, -0.15) is 0 Å². The molecule has 0 aliphatic carbocycles. The number of carbonyl (C=O) groups is 3. The number of rotatable bonds is 48. The van der Waals surface area contributed by atoms with E-state index >= 15 is 0 Å². The van der Waals surface area contributed by atoms with Crippen LogP contribution in [0, 0.1) is 0 Å². The third-order valence-electron chi connectivity index (χ3n) is 11.4. The predicted octanol–water partition coefficient (Wildman–Crippen LogP) is 18.0. The Bertz CT molecular complexity index is 1270. The number of ether oxygens (including phenoxy) is 3. The van der Waals surface area contributed by atoms with Crippen molar-refractivity contribution < 1.29 is 28.6 Å². The second kappa shape index (κ2) is 53.2. The van der Waals surface area contributed by atoms with Crippen molar-refractivity contribution in [2.24, 2.45) is 0 Å². The Kier molecular flexibility index (Phi) is 50.4. The van der Waals surface area contributed by atoms with E-state index in [1.165, 1.54) is 89.9 Å². The molecule has 0 unspecified atom stereocenters. The molecule has 0 heterocycles. The van der Waals surface area contributed by atoms with E-state index in [9.17, 15) is 14.4 Å². The smallest absolute Gasteiger partial charge is 0.306 e. The topological polar surface area (TPSA) is 78.9 Å². The largest absolute Gasteiger partial charge is 0.462 e. The monoisotopic (exact) mass is 905 g/mol. The van der Waals surface area contributed by atoms with Crippen LogP contribution in [0.2, 0.25) is 0 Å². The zero-order valence-corrected chi connectivity index (χ0v) is 42.5. The number of esters is 3. The van der Waals surface area contributed by atoms with Crippen LogP contribution in [-0.2, 0) is 28.6 Å².